The monoisotopic (exact) mass is 208 g/mol. The minimum atomic E-state index is -0.0471. The van der Waals surface area contributed by atoms with Crippen LogP contribution in [0, 0.1) is 0 Å². The van der Waals surface area contributed by atoms with Gasteiger partial charge in [0.15, 0.2) is 0 Å². The van der Waals surface area contributed by atoms with Crippen molar-refractivity contribution in [1.82, 2.24) is 9.57 Å². The molecule has 1 unspecified atom stereocenters. The molecule has 4 nitrogen and oxygen atoms in total. The van der Waals surface area contributed by atoms with Crippen LogP contribution in [-0.4, -0.2) is 49.7 Å². The van der Waals surface area contributed by atoms with E-state index in [1.807, 2.05) is 6.08 Å². The summed E-state index contributed by atoms with van der Waals surface area (Å²) < 4.78 is 9.37. The molecule has 0 aromatic heterocycles. The van der Waals surface area contributed by atoms with Crippen molar-refractivity contribution in [3.05, 3.63) is 11.8 Å². The lowest BCUT2D eigenvalue weighted by atomic mass is 10.0. The van der Waals surface area contributed by atoms with Gasteiger partial charge in [-0.3, -0.25) is 0 Å². The molecular formula is C11H18N3O+. The van der Waals surface area contributed by atoms with Crippen LogP contribution >= 0.6 is 0 Å². The Morgan fingerprint density at radius 2 is 2.20 bits per heavy atom. The Labute approximate surface area is 90.1 Å². The average Bonchev–Trinajstić information content (AvgIpc) is 2.30. The molecule has 15 heavy (non-hydrogen) atoms. The Morgan fingerprint density at radius 3 is 2.80 bits per heavy atom. The van der Waals surface area contributed by atoms with Gasteiger partial charge in [0.1, 0.15) is 6.04 Å². The van der Waals surface area contributed by atoms with Gasteiger partial charge in [0.25, 0.3) is 12.4 Å². The molecule has 82 valence electrons. The van der Waals surface area contributed by atoms with Crippen molar-refractivity contribution in [2.24, 2.45) is 5.73 Å². The zero-order chi connectivity index (χ0) is 10.7. The topological polar surface area (TPSA) is 52.6 Å². The van der Waals surface area contributed by atoms with E-state index in [2.05, 4.69) is 9.57 Å². The molecule has 2 aliphatic rings. The first-order valence-electron chi connectivity index (χ1n) is 5.41. The van der Waals surface area contributed by atoms with Gasteiger partial charge >= 0.3 is 0 Å². The Bertz CT molecular complexity index is 310. The normalized spacial score (nSPS) is 26.9. The quantitative estimate of drug-likeness (QED) is 0.624. The van der Waals surface area contributed by atoms with Crippen LogP contribution in [0.25, 0.3) is 0 Å². The van der Waals surface area contributed by atoms with Gasteiger partial charge in [-0.1, -0.05) is 0 Å². The number of hydrogen-bond acceptors (Lipinski definition) is 3. The number of piperidine rings is 1. The average molecular weight is 208 g/mol. The van der Waals surface area contributed by atoms with E-state index in [0.29, 0.717) is 6.10 Å². The van der Waals surface area contributed by atoms with Crippen molar-refractivity contribution >= 4 is 12.4 Å². The van der Waals surface area contributed by atoms with Crippen molar-refractivity contribution in [2.45, 2.75) is 25.0 Å². The van der Waals surface area contributed by atoms with Crippen LogP contribution in [-0.2, 0) is 4.74 Å². The second kappa shape index (κ2) is 4.62. The van der Waals surface area contributed by atoms with Gasteiger partial charge in [-0.05, 0) is 12.8 Å². The van der Waals surface area contributed by atoms with Gasteiger partial charge in [0.2, 0.25) is 0 Å². The SMILES string of the molecule is COC1CCN(C2=CC=[N+]=CC2N)CC1. The summed E-state index contributed by atoms with van der Waals surface area (Å²) in [5.74, 6) is 0. The number of rotatable bonds is 2. The Balaban J connectivity index is 1.96. The van der Waals surface area contributed by atoms with E-state index in [-0.39, 0.29) is 6.04 Å². The van der Waals surface area contributed by atoms with Gasteiger partial charge in [-0.2, -0.15) is 0 Å². The molecule has 4 heteroatoms. The van der Waals surface area contributed by atoms with Crippen molar-refractivity contribution in [1.29, 1.82) is 0 Å². The van der Waals surface area contributed by atoms with E-state index >= 15 is 0 Å². The van der Waals surface area contributed by atoms with E-state index in [9.17, 15) is 0 Å². The molecule has 0 spiro atoms. The number of nitrogens with zero attached hydrogens (tertiary/aromatic N) is 2. The number of hydrogen-bond donors (Lipinski definition) is 1. The molecule has 0 aromatic carbocycles. The molecule has 0 saturated carbocycles. The third-order valence-corrected chi connectivity index (χ3v) is 3.06. The number of allylic oxidation sites excluding steroid dienone is 1. The molecule has 0 aromatic rings. The third-order valence-electron chi connectivity index (χ3n) is 3.06. The van der Waals surface area contributed by atoms with E-state index < -0.39 is 0 Å². The van der Waals surface area contributed by atoms with Gasteiger partial charge in [-0.25, -0.2) is 0 Å². The summed E-state index contributed by atoms with van der Waals surface area (Å²) in [5, 5.41) is 0. The van der Waals surface area contributed by atoms with E-state index in [1.165, 1.54) is 5.70 Å². The summed E-state index contributed by atoms with van der Waals surface area (Å²) in [4.78, 5) is 2.34. The lowest BCUT2D eigenvalue weighted by Crippen LogP contribution is -2.43. The number of nitrogens with two attached hydrogens (primary N) is 1. The van der Waals surface area contributed by atoms with Crippen LogP contribution in [0.15, 0.2) is 11.8 Å². The molecule has 1 atom stereocenters. The fourth-order valence-corrected chi connectivity index (χ4v) is 2.12. The maximum absolute atomic E-state index is 5.97. The molecule has 1 fully saturated rings. The second-order valence-corrected chi connectivity index (χ2v) is 3.99. The van der Waals surface area contributed by atoms with Crippen LogP contribution in [0.4, 0.5) is 0 Å². The Kier molecular flexibility index (Phi) is 3.21. The lowest BCUT2D eigenvalue weighted by molar-refractivity contribution is 0.0495. The molecule has 0 radical (unpaired) electrons. The molecule has 1 saturated heterocycles. The number of likely N-dealkylation sites (tertiary alicyclic amines) is 1. The fraction of sp³-hybridized carbons (Fsp3) is 0.636. The molecule has 2 heterocycles. The molecule has 2 rings (SSSR count). The number of methoxy groups -OCH3 is 1. The summed E-state index contributed by atoms with van der Waals surface area (Å²) in [7, 11) is 1.78. The van der Waals surface area contributed by atoms with Crippen LogP contribution in [0.1, 0.15) is 12.8 Å². The molecular weight excluding hydrogens is 190 g/mol. The maximum atomic E-state index is 5.97. The summed E-state index contributed by atoms with van der Waals surface area (Å²) >= 11 is 0. The van der Waals surface area contributed by atoms with Crippen LogP contribution < -0.4 is 10.4 Å². The highest BCUT2D eigenvalue weighted by atomic mass is 16.5. The summed E-state index contributed by atoms with van der Waals surface area (Å²) in [5.41, 5.74) is 7.15. The lowest BCUT2D eigenvalue weighted by Gasteiger charge is -2.35. The minimum Gasteiger partial charge on any atom is -0.381 e. The third kappa shape index (κ3) is 2.29. The van der Waals surface area contributed by atoms with Crippen molar-refractivity contribution in [2.75, 3.05) is 20.2 Å². The van der Waals surface area contributed by atoms with Crippen LogP contribution in [0.3, 0.4) is 0 Å². The highest BCUT2D eigenvalue weighted by Gasteiger charge is 2.25. The minimum absolute atomic E-state index is 0.0471. The predicted octanol–water partition coefficient (Wildman–Crippen LogP) is -0.469. The Morgan fingerprint density at radius 1 is 1.47 bits per heavy atom. The molecule has 0 amide bonds. The van der Waals surface area contributed by atoms with Gasteiger partial charge in [0, 0.05) is 32.0 Å². The highest BCUT2D eigenvalue weighted by Crippen LogP contribution is 2.18. The smallest absolute Gasteiger partial charge is 0.293 e. The molecule has 2 N–H and O–H groups in total. The molecule has 0 aliphatic carbocycles. The first kappa shape index (κ1) is 10.4. The zero-order valence-corrected chi connectivity index (χ0v) is 9.10. The van der Waals surface area contributed by atoms with Crippen molar-refractivity contribution < 1.29 is 4.74 Å². The van der Waals surface area contributed by atoms with Gasteiger partial charge in [0.05, 0.1) is 6.10 Å². The fourth-order valence-electron chi connectivity index (χ4n) is 2.12. The van der Waals surface area contributed by atoms with Crippen molar-refractivity contribution in [3.63, 3.8) is 0 Å². The first-order valence-corrected chi connectivity index (χ1v) is 5.41. The van der Waals surface area contributed by atoms with Crippen molar-refractivity contribution in [3.8, 4) is 0 Å². The highest BCUT2D eigenvalue weighted by molar-refractivity contribution is 5.83. The molecule has 2 aliphatic heterocycles. The van der Waals surface area contributed by atoms with E-state index in [4.69, 9.17) is 10.5 Å². The van der Waals surface area contributed by atoms with Gasteiger partial charge in [-0.15, -0.1) is 4.67 Å². The standard InChI is InChI=1S/C11H18N3O/c1-15-9-3-6-14(7-4-9)11-2-5-13-8-10(11)12/h2,5,8-10H,3-4,6-7,12H2,1H3/q+1. The number of ether oxygens (including phenoxy) is 1. The summed E-state index contributed by atoms with van der Waals surface area (Å²) in [6.45, 7) is 2.05. The predicted molar refractivity (Wildman–Crippen MR) is 61.9 cm³/mol. The Hall–Kier alpha value is -1.09. The van der Waals surface area contributed by atoms with Crippen LogP contribution in [0.2, 0.25) is 0 Å². The first-order chi connectivity index (χ1) is 7.31. The summed E-state index contributed by atoms with van der Waals surface area (Å²) in [6.07, 6.45) is 8.19. The summed E-state index contributed by atoms with van der Waals surface area (Å²) in [6, 6.07) is -0.0471. The van der Waals surface area contributed by atoms with E-state index in [0.717, 1.165) is 25.9 Å². The van der Waals surface area contributed by atoms with E-state index in [1.54, 1.807) is 19.5 Å². The van der Waals surface area contributed by atoms with Crippen LogP contribution in [0.5, 0.6) is 0 Å². The zero-order valence-electron chi connectivity index (χ0n) is 9.10. The van der Waals surface area contributed by atoms with Gasteiger partial charge < -0.3 is 15.4 Å². The largest absolute Gasteiger partial charge is 0.381 e. The molecule has 0 bridgehead atoms. The second-order valence-electron chi connectivity index (χ2n) is 3.99. The maximum Gasteiger partial charge on any atom is 0.293 e.